The minimum Gasteiger partial charge on any atom is -0.278 e. The molecule has 38 heavy (non-hydrogen) atoms. The third-order valence-corrected chi connectivity index (χ3v) is 7.67. The van der Waals surface area contributed by atoms with Crippen molar-refractivity contribution in [1.29, 1.82) is 0 Å². The Bertz CT molecular complexity index is 1930. The Labute approximate surface area is 220 Å². The lowest BCUT2D eigenvalue weighted by molar-refractivity contribution is 0.990. The highest BCUT2D eigenvalue weighted by Crippen LogP contribution is 2.44. The maximum absolute atomic E-state index is 5.20. The van der Waals surface area contributed by atoms with E-state index in [0.717, 1.165) is 34.5 Å². The van der Waals surface area contributed by atoms with Crippen molar-refractivity contribution in [3.05, 3.63) is 139 Å². The van der Waals surface area contributed by atoms with Crippen LogP contribution in [0.1, 0.15) is 11.1 Å². The standard InChI is InChI=1S/C35H23N3/c1-3-11-23(12-4-1)31-22-32(24-13-5-2-6-14-24)37-35(36-31)38-33-18-10-9-17-28(33)29-20-19-27-26-16-8-7-15-25(26)21-30(27)34(29)38/h1-20,22H,21H2. The van der Waals surface area contributed by atoms with E-state index in [1.165, 1.54) is 38.5 Å². The zero-order chi connectivity index (χ0) is 25.1. The molecule has 0 amide bonds. The highest BCUT2D eigenvalue weighted by atomic mass is 15.2. The van der Waals surface area contributed by atoms with Crippen LogP contribution in [0.25, 0.3) is 61.4 Å². The molecule has 0 saturated carbocycles. The zero-order valence-corrected chi connectivity index (χ0v) is 20.7. The fourth-order valence-corrected chi connectivity index (χ4v) is 5.94. The van der Waals surface area contributed by atoms with Gasteiger partial charge in [0.2, 0.25) is 5.95 Å². The summed E-state index contributed by atoms with van der Waals surface area (Å²) in [6.07, 6.45) is 0.906. The molecular weight excluding hydrogens is 462 g/mol. The molecule has 3 nitrogen and oxygen atoms in total. The van der Waals surface area contributed by atoms with Crippen LogP contribution in [0.5, 0.6) is 0 Å². The second-order valence-corrected chi connectivity index (χ2v) is 9.84. The van der Waals surface area contributed by atoms with Gasteiger partial charge in [-0.2, -0.15) is 0 Å². The predicted octanol–water partition coefficient (Wildman–Crippen LogP) is 8.48. The minimum atomic E-state index is 0.695. The maximum Gasteiger partial charge on any atom is 0.235 e. The van der Waals surface area contributed by atoms with Crippen LogP contribution in [0, 0.1) is 0 Å². The number of hydrogen-bond acceptors (Lipinski definition) is 2. The van der Waals surface area contributed by atoms with Crippen LogP contribution >= 0.6 is 0 Å². The van der Waals surface area contributed by atoms with Gasteiger partial charge in [-0.05, 0) is 34.4 Å². The van der Waals surface area contributed by atoms with E-state index in [4.69, 9.17) is 9.97 Å². The predicted molar refractivity (Wildman–Crippen MR) is 155 cm³/mol. The van der Waals surface area contributed by atoms with Gasteiger partial charge in [-0.3, -0.25) is 4.57 Å². The molecule has 0 unspecified atom stereocenters. The molecule has 178 valence electrons. The molecule has 1 aliphatic carbocycles. The van der Waals surface area contributed by atoms with Gasteiger partial charge in [-0.15, -0.1) is 0 Å². The smallest absolute Gasteiger partial charge is 0.235 e. The molecule has 0 aliphatic heterocycles. The Kier molecular flexibility index (Phi) is 4.58. The van der Waals surface area contributed by atoms with Gasteiger partial charge in [0.1, 0.15) is 0 Å². The van der Waals surface area contributed by atoms with E-state index in [2.05, 4.69) is 120 Å². The molecule has 0 atom stereocenters. The van der Waals surface area contributed by atoms with Gasteiger partial charge >= 0.3 is 0 Å². The molecule has 2 heterocycles. The molecule has 0 fully saturated rings. The summed E-state index contributed by atoms with van der Waals surface area (Å²) < 4.78 is 2.29. The lowest BCUT2D eigenvalue weighted by Crippen LogP contribution is -2.05. The van der Waals surface area contributed by atoms with Gasteiger partial charge in [-0.1, -0.05) is 115 Å². The van der Waals surface area contributed by atoms with Crippen molar-refractivity contribution in [2.45, 2.75) is 6.42 Å². The van der Waals surface area contributed by atoms with Crippen LogP contribution in [-0.2, 0) is 6.42 Å². The van der Waals surface area contributed by atoms with Crippen molar-refractivity contribution in [2.24, 2.45) is 0 Å². The van der Waals surface area contributed by atoms with Crippen LogP contribution < -0.4 is 0 Å². The van der Waals surface area contributed by atoms with E-state index in [1.807, 2.05) is 12.1 Å². The summed E-state index contributed by atoms with van der Waals surface area (Å²) >= 11 is 0. The van der Waals surface area contributed by atoms with Crippen molar-refractivity contribution in [3.8, 4) is 39.6 Å². The molecule has 3 heteroatoms. The molecule has 0 N–H and O–H groups in total. The maximum atomic E-state index is 5.20. The third kappa shape index (κ3) is 3.15. The minimum absolute atomic E-state index is 0.695. The SMILES string of the molecule is c1ccc(-c2cc(-c3ccccc3)nc(-n3c4ccccc4c4ccc5c(c43)Cc3ccccc3-5)n2)cc1. The fraction of sp³-hybridized carbons (Fsp3) is 0.0286. The number of aromatic nitrogens is 3. The topological polar surface area (TPSA) is 30.7 Å². The first kappa shape index (κ1) is 21.1. The molecule has 0 bridgehead atoms. The summed E-state index contributed by atoms with van der Waals surface area (Å²) in [6.45, 7) is 0. The van der Waals surface area contributed by atoms with Gasteiger partial charge < -0.3 is 0 Å². The van der Waals surface area contributed by atoms with Crippen molar-refractivity contribution in [2.75, 3.05) is 0 Å². The zero-order valence-electron chi connectivity index (χ0n) is 20.7. The highest BCUT2D eigenvalue weighted by molar-refractivity contribution is 6.12. The van der Waals surface area contributed by atoms with Crippen LogP contribution in [-0.4, -0.2) is 14.5 Å². The van der Waals surface area contributed by atoms with Gasteiger partial charge in [0.05, 0.1) is 22.4 Å². The molecule has 0 spiro atoms. The molecule has 5 aromatic carbocycles. The molecule has 1 aliphatic rings. The quantitative estimate of drug-likeness (QED) is 0.251. The molecule has 8 rings (SSSR count). The molecular formula is C35H23N3. The summed E-state index contributed by atoms with van der Waals surface area (Å²) in [4.78, 5) is 10.4. The lowest BCUT2D eigenvalue weighted by Gasteiger charge is -2.13. The molecule has 7 aromatic rings. The highest BCUT2D eigenvalue weighted by Gasteiger charge is 2.25. The Morgan fingerprint density at radius 3 is 1.89 bits per heavy atom. The van der Waals surface area contributed by atoms with E-state index in [1.54, 1.807) is 0 Å². The Morgan fingerprint density at radius 1 is 0.526 bits per heavy atom. The average molecular weight is 486 g/mol. The Hall–Kier alpha value is -5.02. The first-order valence-corrected chi connectivity index (χ1v) is 13.0. The van der Waals surface area contributed by atoms with Crippen molar-refractivity contribution in [3.63, 3.8) is 0 Å². The second kappa shape index (κ2) is 8.25. The van der Waals surface area contributed by atoms with Crippen LogP contribution in [0.4, 0.5) is 0 Å². The lowest BCUT2D eigenvalue weighted by atomic mass is 10.0. The largest absolute Gasteiger partial charge is 0.278 e. The molecule has 0 radical (unpaired) electrons. The van der Waals surface area contributed by atoms with Gasteiger partial charge in [-0.25, -0.2) is 9.97 Å². The third-order valence-electron chi connectivity index (χ3n) is 7.67. The van der Waals surface area contributed by atoms with Crippen LogP contribution in [0.15, 0.2) is 127 Å². The average Bonchev–Trinajstić information content (AvgIpc) is 3.54. The molecule has 0 saturated heterocycles. The molecule has 2 aromatic heterocycles. The summed E-state index contributed by atoms with van der Waals surface area (Å²) in [7, 11) is 0. The Morgan fingerprint density at radius 2 is 1.16 bits per heavy atom. The summed E-state index contributed by atoms with van der Waals surface area (Å²) in [5, 5.41) is 2.46. The number of hydrogen-bond donors (Lipinski definition) is 0. The van der Waals surface area contributed by atoms with E-state index in [0.29, 0.717) is 5.95 Å². The number of fused-ring (bicyclic) bond motifs is 7. The summed E-state index contributed by atoms with van der Waals surface area (Å²) in [6, 6.07) is 44.8. The number of nitrogens with zero attached hydrogens (tertiary/aromatic N) is 3. The number of para-hydroxylation sites is 1. The van der Waals surface area contributed by atoms with Gasteiger partial charge in [0, 0.05) is 28.3 Å². The van der Waals surface area contributed by atoms with E-state index in [9.17, 15) is 0 Å². The van der Waals surface area contributed by atoms with E-state index < -0.39 is 0 Å². The first-order chi connectivity index (χ1) is 18.8. The normalized spacial score (nSPS) is 12.1. The summed E-state index contributed by atoms with van der Waals surface area (Å²) in [5.41, 5.74) is 11.6. The van der Waals surface area contributed by atoms with Gasteiger partial charge in [0.25, 0.3) is 0 Å². The van der Waals surface area contributed by atoms with Crippen LogP contribution in [0.2, 0.25) is 0 Å². The van der Waals surface area contributed by atoms with Crippen molar-refractivity contribution in [1.82, 2.24) is 14.5 Å². The Balaban J connectivity index is 1.48. The van der Waals surface area contributed by atoms with Crippen molar-refractivity contribution < 1.29 is 0 Å². The second-order valence-electron chi connectivity index (χ2n) is 9.84. The first-order valence-electron chi connectivity index (χ1n) is 13.0. The fourth-order valence-electron chi connectivity index (χ4n) is 5.94. The van der Waals surface area contributed by atoms with Gasteiger partial charge in [0.15, 0.2) is 0 Å². The summed E-state index contributed by atoms with van der Waals surface area (Å²) in [5.74, 6) is 0.695. The monoisotopic (exact) mass is 485 g/mol. The van der Waals surface area contributed by atoms with E-state index >= 15 is 0 Å². The van der Waals surface area contributed by atoms with E-state index in [-0.39, 0.29) is 0 Å². The van der Waals surface area contributed by atoms with Crippen molar-refractivity contribution >= 4 is 21.8 Å². The number of rotatable bonds is 3. The van der Waals surface area contributed by atoms with Crippen LogP contribution in [0.3, 0.4) is 0 Å². The number of benzene rings is 5.